The van der Waals surface area contributed by atoms with E-state index in [1.807, 2.05) is 0 Å². The van der Waals surface area contributed by atoms with Crippen molar-refractivity contribution in [3.63, 3.8) is 0 Å². The summed E-state index contributed by atoms with van der Waals surface area (Å²) in [6.45, 7) is 6.82. The lowest BCUT2D eigenvalue weighted by molar-refractivity contribution is -0.0142. The molecule has 0 amide bonds. The van der Waals surface area contributed by atoms with Gasteiger partial charge in [-0.05, 0) is 68.4 Å². The fourth-order valence-electron chi connectivity index (χ4n) is 4.28. The number of alkyl halides is 2. The van der Waals surface area contributed by atoms with E-state index in [1.165, 1.54) is 7.11 Å². The average Bonchev–Trinajstić information content (AvgIpc) is 3.43. The lowest BCUT2D eigenvalue weighted by atomic mass is 9.88. The minimum atomic E-state index is -1.70. The number of hydrogen-bond donors (Lipinski definition) is 0. The Bertz CT molecular complexity index is 1360. The minimum absolute atomic E-state index is 0.0436. The topological polar surface area (TPSA) is 89.5 Å². The van der Waals surface area contributed by atoms with Crippen molar-refractivity contribution in [2.75, 3.05) is 7.11 Å². The van der Waals surface area contributed by atoms with Crippen LogP contribution in [0.3, 0.4) is 0 Å². The van der Waals surface area contributed by atoms with Gasteiger partial charge in [0.25, 0.3) is 0 Å². The fraction of sp³-hybridized carbons (Fsp3) is 0.429. The predicted molar refractivity (Wildman–Crippen MR) is 135 cm³/mol. The summed E-state index contributed by atoms with van der Waals surface area (Å²) >= 11 is 0. The third kappa shape index (κ3) is 5.70. The molecule has 4 rings (SSSR count). The molecule has 0 saturated heterocycles. The van der Waals surface area contributed by atoms with E-state index in [-0.39, 0.29) is 24.7 Å². The van der Waals surface area contributed by atoms with Gasteiger partial charge in [0.2, 0.25) is 6.36 Å². The van der Waals surface area contributed by atoms with Gasteiger partial charge < -0.3 is 9.47 Å². The molecule has 2 heterocycles. The van der Waals surface area contributed by atoms with E-state index in [4.69, 9.17) is 9.47 Å². The number of benzene rings is 1. The van der Waals surface area contributed by atoms with E-state index < -0.39 is 17.9 Å². The first-order valence-electron chi connectivity index (χ1n) is 12.2. The number of aromatic nitrogens is 3. The highest BCUT2D eigenvalue weighted by atomic mass is 19.1. The highest BCUT2D eigenvalue weighted by molar-refractivity contribution is 6.01. The molecule has 3 atom stereocenters. The molecule has 194 valence electrons. The van der Waals surface area contributed by atoms with Gasteiger partial charge in [-0.2, -0.15) is 10.4 Å². The maximum absolute atomic E-state index is 13.9. The van der Waals surface area contributed by atoms with Crippen LogP contribution in [0.5, 0.6) is 5.75 Å². The van der Waals surface area contributed by atoms with Crippen LogP contribution in [0.15, 0.2) is 43.4 Å². The second-order valence-corrected chi connectivity index (χ2v) is 9.84. The third-order valence-electron chi connectivity index (χ3n) is 6.75. The van der Waals surface area contributed by atoms with Crippen LogP contribution in [0.1, 0.15) is 61.0 Å². The Kier molecular flexibility index (Phi) is 7.69. The molecule has 0 bridgehead atoms. The molecule has 1 aromatic carbocycles. The molecule has 2 aromatic heterocycles. The van der Waals surface area contributed by atoms with Crippen molar-refractivity contribution in [3.8, 4) is 22.9 Å². The summed E-state index contributed by atoms with van der Waals surface area (Å²) < 4.78 is 39.5. The minimum Gasteiger partial charge on any atom is -0.496 e. The summed E-state index contributed by atoms with van der Waals surface area (Å²) in [4.78, 5) is 17.8. The number of rotatable bonds is 12. The Labute approximate surface area is 214 Å². The normalized spacial score (nSPS) is 17.8. The zero-order chi connectivity index (χ0) is 26.7. The number of methoxy groups -OCH3 is 1. The zero-order valence-corrected chi connectivity index (χ0v) is 21.2. The molecule has 0 spiro atoms. The molecule has 0 aliphatic heterocycles. The summed E-state index contributed by atoms with van der Waals surface area (Å²) in [6.07, 6.45) is 5.61. The fourth-order valence-corrected chi connectivity index (χ4v) is 4.28. The molecule has 1 aliphatic carbocycles. The lowest BCUT2D eigenvalue weighted by Gasteiger charge is -2.17. The first kappa shape index (κ1) is 26.4. The van der Waals surface area contributed by atoms with Crippen LogP contribution in [0.25, 0.3) is 16.8 Å². The Morgan fingerprint density at radius 1 is 1.41 bits per heavy atom. The number of Topliss-reactive ketones (excluding diaryl/α,β-unsaturated/α-hetero) is 1. The number of nitriles is 1. The van der Waals surface area contributed by atoms with Crippen molar-refractivity contribution in [3.05, 3.63) is 60.1 Å². The van der Waals surface area contributed by atoms with E-state index in [0.29, 0.717) is 58.5 Å². The SMILES string of the molecule is C=CC(F)OCc1cc(-c2cnn3cc(C(C)(C)C#N)cnc23)cc(OC)c1C(=O)CCC[C@@H]1C[C@@H]1F. The standard InChI is InChI=1S/C28H30F2N4O3/c1-5-25(30)37-15-19-9-18(11-24(36-4)26(19)23(35)8-6-7-17-10-22(17)29)21-13-33-34-14-20(12-32-27(21)34)28(2,3)16-31/h5,9,11-14,17,22,25H,1,6-8,10,15H2,2-4H3/t17-,22+,25?/m1/s1. The van der Waals surface area contributed by atoms with Crippen molar-refractivity contribution in [2.45, 2.75) is 64.1 Å². The number of nitrogens with zero attached hydrogens (tertiary/aromatic N) is 4. The van der Waals surface area contributed by atoms with Crippen LogP contribution in [0.2, 0.25) is 0 Å². The van der Waals surface area contributed by atoms with Gasteiger partial charge in [0.15, 0.2) is 11.4 Å². The second kappa shape index (κ2) is 10.8. The van der Waals surface area contributed by atoms with Gasteiger partial charge in [-0.3, -0.25) is 4.79 Å². The van der Waals surface area contributed by atoms with Crippen LogP contribution in [0.4, 0.5) is 8.78 Å². The molecular formula is C28H30F2N4O3. The molecule has 1 unspecified atom stereocenters. The van der Waals surface area contributed by atoms with E-state index in [0.717, 1.165) is 6.08 Å². The maximum atomic E-state index is 13.9. The van der Waals surface area contributed by atoms with Gasteiger partial charge >= 0.3 is 0 Å². The summed E-state index contributed by atoms with van der Waals surface area (Å²) in [5, 5.41) is 13.9. The Hall–Kier alpha value is -3.64. The Morgan fingerprint density at radius 3 is 2.81 bits per heavy atom. The van der Waals surface area contributed by atoms with Crippen molar-refractivity contribution < 1.29 is 23.0 Å². The molecular weight excluding hydrogens is 478 g/mol. The van der Waals surface area contributed by atoms with Gasteiger partial charge in [-0.1, -0.05) is 6.58 Å². The van der Waals surface area contributed by atoms with Gasteiger partial charge in [0.05, 0.1) is 37.0 Å². The number of hydrogen-bond acceptors (Lipinski definition) is 6. The summed E-state index contributed by atoms with van der Waals surface area (Å²) in [5.41, 5.74) is 2.63. The van der Waals surface area contributed by atoms with Crippen LogP contribution in [-0.4, -0.2) is 40.0 Å². The van der Waals surface area contributed by atoms with Crippen molar-refractivity contribution in [2.24, 2.45) is 5.92 Å². The predicted octanol–water partition coefficient (Wildman–Crippen LogP) is 5.92. The molecule has 1 aliphatic rings. The second-order valence-electron chi connectivity index (χ2n) is 9.84. The highest BCUT2D eigenvalue weighted by Gasteiger charge is 2.36. The number of ether oxygens (including phenoxy) is 2. The smallest absolute Gasteiger partial charge is 0.218 e. The number of carbonyl (C=O) groups excluding carboxylic acids is 1. The molecule has 1 saturated carbocycles. The summed E-state index contributed by atoms with van der Waals surface area (Å²) in [5.74, 6) is 0.196. The summed E-state index contributed by atoms with van der Waals surface area (Å²) in [6, 6.07) is 5.72. The molecule has 9 heteroatoms. The lowest BCUT2D eigenvalue weighted by Crippen LogP contribution is -2.15. The van der Waals surface area contributed by atoms with Crippen molar-refractivity contribution in [1.82, 2.24) is 14.6 Å². The third-order valence-corrected chi connectivity index (χ3v) is 6.75. The monoisotopic (exact) mass is 508 g/mol. The van der Waals surface area contributed by atoms with E-state index >= 15 is 0 Å². The average molecular weight is 509 g/mol. The quantitative estimate of drug-likeness (QED) is 0.223. The number of fused-ring (bicyclic) bond motifs is 1. The number of ketones is 1. The number of carbonyl (C=O) groups is 1. The van der Waals surface area contributed by atoms with Gasteiger partial charge in [-0.25, -0.2) is 18.3 Å². The molecule has 0 N–H and O–H groups in total. The van der Waals surface area contributed by atoms with Crippen LogP contribution in [0, 0.1) is 17.2 Å². The van der Waals surface area contributed by atoms with Gasteiger partial charge in [0.1, 0.15) is 11.9 Å². The van der Waals surface area contributed by atoms with E-state index in [9.17, 15) is 18.8 Å². The molecule has 37 heavy (non-hydrogen) atoms. The van der Waals surface area contributed by atoms with E-state index in [2.05, 4.69) is 22.7 Å². The van der Waals surface area contributed by atoms with Crippen LogP contribution < -0.4 is 4.74 Å². The van der Waals surface area contributed by atoms with Crippen molar-refractivity contribution in [1.29, 1.82) is 5.26 Å². The Balaban J connectivity index is 1.71. The van der Waals surface area contributed by atoms with Crippen LogP contribution >= 0.6 is 0 Å². The molecule has 0 radical (unpaired) electrons. The van der Waals surface area contributed by atoms with Crippen LogP contribution in [-0.2, 0) is 16.8 Å². The van der Waals surface area contributed by atoms with Gasteiger partial charge in [0, 0.05) is 29.9 Å². The molecule has 1 fully saturated rings. The summed E-state index contributed by atoms with van der Waals surface area (Å²) in [7, 11) is 1.46. The van der Waals surface area contributed by atoms with E-state index in [1.54, 1.807) is 49.1 Å². The van der Waals surface area contributed by atoms with Gasteiger partial charge in [-0.15, -0.1) is 0 Å². The van der Waals surface area contributed by atoms with Crippen molar-refractivity contribution >= 4 is 11.4 Å². The first-order chi connectivity index (χ1) is 17.7. The molecule has 7 nitrogen and oxygen atoms in total. The maximum Gasteiger partial charge on any atom is 0.218 e. The largest absolute Gasteiger partial charge is 0.496 e. The highest BCUT2D eigenvalue weighted by Crippen LogP contribution is 2.39. The first-order valence-corrected chi connectivity index (χ1v) is 12.2. The molecule has 3 aromatic rings. The zero-order valence-electron chi connectivity index (χ0n) is 21.2. The Morgan fingerprint density at radius 2 is 2.16 bits per heavy atom. The number of halogens is 2.